The molecule has 0 unspecified atom stereocenters. The van der Waals surface area contributed by atoms with Gasteiger partial charge in [-0.1, -0.05) is 13.8 Å². The minimum atomic E-state index is 0.0868. The van der Waals surface area contributed by atoms with E-state index in [9.17, 15) is 4.79 Å². The van der Waals surface area contributed by atoms with Crippen molar-refractivity contribution in [2.24, 2.45) is 5.92 Å². The highest BCUT2D eigenvalue weighted by atomic mass is 16.1. The molecule has 3 nitrogen and oxygen atoms in total. The molecule has 0 aromatic rings. The predicted molar refractivity (Wildman–Crippen MR) is 58.3 cm³/mol. The molecule has 0 spiro atoms. The molecule has 1 aliphatic rings. The quantitative estimate of drug-likeness (QED) is 0.731. The fourth-order valence-corrected chi connectivity index (χ4v) is 1.99. The van der Waals surface area contributed by atoms with E-state index >= 15 is 0 Å². The lowest BCUT2D eigenvalue weighted by atomic mass is 9.98. The van der Waals surface area contributed by atoms with Gasteiger partial charge in [0.15, 0.2) is 5.78 Å². The van der Waals surface area contributed by atoms with E-state index in [-0.39, 0.29) is 12.0 Å². The zero-order valence-electron chi connectivity index (χ0n) is 9.71. The maximum absolute atomic E-state index is 11.9. The lowest BCUT2D eigenvalue weighted by molar-refractivity contribution is -0.128. The topological polar surface area (TPSA) is 32.3 Å². The fourth-order valence-electron chi connectivity index (χ4n) is 1.99. The average molecular weight is 198 g/mol. The number of carbonyl (C=O) groups excluding carboxylic acids is 1. The summed E-state index contributed by atoms with van der Waals surface area (Å²) in [4.78, 5) is 14.2. The first-order valence-corrected chi connectivity index (χ1v) is 5.54. The van der Waals surface area contributed by atoms with Gasteiger partial charge in [0.25, 0.3) is 0 Å². The van der Waals surface area contributed by atoms with Crippen molar-refractivity contribution < 1.29 is 4.79 Å². The van der Waals surface area contributed by atoms with E-state index in [2.05, 4.69) is 24.1 Å². The van der Waals surface area contributed by atoms with Gasteiger partial charge in [0, 0.05) is 31.6 Å². The minimum absolute atomic E-state index is 0.0868. The number of carbonyl (C=O) groups is 1. The van der Waals surface area contributed by atoms with Crippen LogP contribution in [0, 0.1) is 5.92 Å². The highest BCUT2D eigenvalue weighted by Gasteiger charge is 2.30. The van der Waals surface area contributed by atoms with Gasteiger partial charge in [0.05, 0.1) is 6.04 Å². The largest absolute Gasteiger partial charge is 0.313 e. The maximum Gasteiger partial charge on any atom is 0.153 e. The van der Waals surface area contributed by atoms with Gasteiger partial charge in [0.1, 0.15) is 0 Å². The Kier molecular flexibility index (Phi) is 4.08. The van der Waals surface area contributed by atoms with E-state index < -0.39 is 0 Å². The highest BCUT2D eigenvalue weighted by Crippen LogP contribution is 2.12. The Hall–Kier alpha value is -0.410. The van der Waals surface area contributed by atoms with Crippen LogP contribution in [0.4, 0.5) is 0 Å². The summed E-state index contributed by atoms with van der Waals surface area (Å²) in [6, 6.07) is 0.550. The van der Waals surface area contributed by atoms with Crippen LogP contribution in [0.1, 0.15) is 27.7 Å². The molecule has 1 fully saturated rings. The first-order valence-electron chi connectivity index (χ1n) is 5.54. The van der Waals surface area contributed by atoms with Gasteiger partial charge < -0.3 is 5.32 Å². The molecule has 0 bridgehead atoms. The van der Waals surface area contributed by atoms with Crippen LogP contribution >= 0.6 is 0 Å². The molecule has 0 aliphatic carbocycles. The lowest BCUT2D eigenvalue weighted by Crippen LogP contribution is -2.57. The van der Waals surface area contributed by atoms with E-state index in [1.807, 2.05) is 13.8 Å². The fraction of sp³-hybridized carbons (Fsp3) is 0.909. The number of piperazine rings is 1. The van der Waals surface area contributed by atoms with Crippen molar-refractivity contribution in [1.29, 1.82) is 0 Å². The third kappa shape index (κ3) is 2.55. The van der Waals surface area contributed by atoms with Crippen LogP contribution in [0.3, 0.4) is 0 Å². The number of nitrogens with one attached hydrogen (secondary N) is 1. The monoisotopic (exact) mass is 198 g/mol. The Balaban J connectivity index is 2.67. The van der Waals surface area contributed by atoms with Crippen LogP contribution < -0.4 is 5.32 Å². The summed E-state index contributed by atoms with van der Waals surface area (Å²) in [5.74, 6) is 0.507. The summed E-state index contributed by atoms with van der Waals surface area (Å²) in [6.45, 7) is 11.1. The number of nitrogens with zero attached hydrogens (tertiary/aromatic N) is 1. The van der Waals surface area contributed by atoms with E-state index in [0.717, 1.165) is 19.6 Å². The second-order valence-corrected chi connectivity index (χ2v) is 4.61. The van der Waals surface area contributed by atoms with Crippen molar-refractivity contribution in [1.82, 2.24) is 10.2 Å². The highest BCUT2D eigenvalue weighted by molar-refractivity contribution is 5.86. The molecule has 1 heterocycles. The molecule has 1 N–H and O–H groups in total. The molecule has 0 amide bonds. The molecule has 1 saturated heterocycles. The standard InChI is InChI=1S/C11H22N2O/c1-8(2)11(14)10-7-12-5-6-13(10)9(3)4/h8-10,12H,5-7H2,1-4H3/t10-/m0/s1. The number of hydrogen-bond donors (Lipinski definition) is 1. The van der Waals surface area contributed by atoms with Gasteiger partial charge in [-0.15, -0.1) is 0 Å². The molecule has 0 aromatic heterocycles. The van der Waals surface area contributed by atoms with Crippen LogP contribution in [0.25, 0.3) is 0 Å². The molecule has 0 radical (unpaired) electrons. The molecule has 0 saturated carbocycles. The summed E-state index contributed by atoms with van der Waals surface area (Å²) >= 11 is 0. The number of Topliss-reactive ketones (excluding diaryl/α,β-unsaturated/α-hetero) is 1. The summed E-state index contributed by atoms with van der Waals surface area (Å²) in [5.41, 5.74) is 0. The van der Waals surface area contributed by atoms with Gasteiger partial charge in [-0.3, -0.25) is 9.69 Å². The van der Waals surface area contributed by atoms with Crippen molar-refractivity contribution in [2.75, 3.05) is 19.6 Å². The van der Waals surface area contributed by atoms with Crippen LogP contribution in [-0.4, -0.2) is 42.4 Å². The lowest BCUT2D eigenvalue weighted by Gasteiger charge is -2.38. The SMILES string of the molecule is CC(C)C(=O)[C@@H]1CNCCN1C(C)C. The first-order chi connectivity index (χ1) is 6.54. The third-order valence-electron chi connectivity index (χ3n) is 2.85. The number of ketones is 1. The van der Waals surface area contributed by atoms with E-state index in [4.69, 9.17) is 0 Å². The number of hydrogen-bond acceptors (Lipinski definition) is 3. The van der Waals surface area contributed by atoms with Crippen molar-refractivity contribution in [3.05, 3.63) is 0 Å². The Morgan fingerprint density at radius 3 is 2.50 bits per heavy atom. The smallest absolute Gasteiger partial charge is 0.153 e. The summed E-state index contributed by atoms with van der Waals surface area (Å²) in [5, 5.41) is 3.29. The van der Waals surface area contributed by atoms with Crippen molar-refractivity contribution >= 4 is 5.78 Å². The average Bonchev–Trinajstić information content (AvgIpc) is 2.16. The van der Waals surface area contributed by atoms with Crippen molar-refractivity contribution in [2.45, 2.75) is 39.8 Å². The third-order valence-corrected chi connectivity index (χ3v) is 2.85. The summed E-state index contributed by atoms with van der Waals surface area (Å²) in [6.07, 6.45) is 0. The molecule has 14 heavy (non-hydrogen) atoms. The van der Waals surface area contributed by atoms with Gasteiger partial charge in [-0.25, -0.2) is 0 Å². The van der Waals surface area contributed by atoms with Gasteiger partial charge in [-0.05, 0) is 13.8 Å². The van der Waals surface area contributed by atoms with Crippen LogP contribution in [-0.2, 0) is 4.79 Å². The Labute approximate surface area is 86.9 Å². The van der Waals surface area contributed by atoms with Crippen molar-refractivity contribution in [3.63, 3.8) is 0 Å². The molecular weight excluding hydrogens is 176 g/mol. The molecule has 82 valence electrons. The molecule has 1 atom stereocenters. The Morgan fingerprint density at radius 1 is 1.36 bits per heavy atom. The van der Waals surface area contributed by atoms with E-state index in [0.29, 0.717) is 11.8 Å². The van der Waals surface area contributed by atoms with Gasteiger partial charge >= 0.3 is 0 Å². The normalized spacial score (nSPS) is 24.6. The Morgan fingerprint density at radius 2 is 2.00 bits per heavy atom. The van der Waals surface area contributed by atoms with E-state index in [1.54, 1.807) is 0 Å². The van der Waals surface area contributed by atoms with Crippen LogP contribution in [0.15, 0.2) is 0 Å². The number of rotatable bonds is 3. The van der Waals surface area contributed by atoms with Crippen LogP contribution in [0.2, 0.25) is 0 Å². The second kappa shape index (κ2) is 4.89. The summed E-state index contributed by atoms with van der Waals surface area (Å²) < 4.78 is 0. The van der Waals surface area contributed by atoms with Gasteiger partial charge in [-0.2, -0.15) is 0 Å². The zero-order valence-corrected chi connectivity index (χ0v) is 9.71. The minimum Gasteiger partial charge on any atom is -0.313 e. The molecule has 0 aromatic carbocycles. The first kappa shape index (κ1) is 11.7. The second-order valence-electron chi connectivity index (χ2n) is 4.61. The maximum atomic E-state index is 11.9. The summed E-state index contributed by atoms with van der Waals surface area (Å²) in [7, 11) is 0. The molecule has 3 heteroatoms. The predicted octanol–water partition coefficient (Wildman–Crippen LogP) is 0.894. The molecular formula is C11H22N2O. The van der Waals surface area contributed by atoms with Gasteiger partial charge in [0.2, 0.25) is 0 Å². The zero-order chi connectivity index (χ0) is 10.7. The molecule has 1 rings (SSSR count). The van der Waals surface area contributed by atoms with Crippen molar-refractivity contribution in [3.8, 4) is 0 Å². The Bertz CT molecular complexity index is 201. The van der Waals surface area contributed by atoms with Crippen LogP contribution in [0.5, 0.6) is 0 Å². The molecule has 1 aliphatic heterocycles. The van der Waals surface area contributed by atoms with E-state index in [1.165, 1.54) is 0 Å².